The molecule has 35 heavy (non-hydrogen) atoms. The molecule has 1 saturated carbocycles. The molecule has 2 amide bonds. The first kappa shape index (κ1) is 24.7. The van der Waals surface area contributed by atoms with Gasteiger partial charge in [0.15, 0.2) is 0 Å². The highest BCUT2D eigenvalue weighted by molar-refractivity contribution is 5.86. The van der Waals surface area contributed by atoms with Gasteiger partial charge in [0.1, 0.15) is 12.6 Å². The van der Waals surface area contributed by atoms with Gasteiger partial charge in [0, 0.05) is 25.7 Å². The average molecular weight is 481 g/mol. The molecule has 2 aromatic rings. The number of aliphatic carboxylic acids is 1. The zero-order valence-corrected chi connectivity index (χ0v) is 19.9. The molecular weight excluding hydrogens is 448 g/mol. The van der Waals surface area contributed by atoms with E-state index in [0.717, 1.165) is 22.3 Å². The van der Waals surface area contributed by atoms with Crippen molar-refractivity contribution < 1.29 is 29.0 Å². The third kappa shape index (κ3) is 5.82. The second kappa shape index (κ2) is 11.4. The Bertz CT molecular complexity index is 1030. The van der Waals surface area contributed by atoms with Crippen molar-refractivity contribution >= 4 is 18.0 Å². The molecule has 1 unspecified atom stereocenters. The maximum absolute atomic E-state index is 12.9. The van der Waals surface area contributed by atoms with Crippen molar-refractivity contribution in [2.75, 3.05) is 20.3 Å². The fraction of sp³-hybridized carbons (Fsp3) is 0.444. The molecular formula is C27H32N2O6. The monoisotopic (exact) mass is 480 g/mol. The normalized spacial score (nSPS) is 19.5. The minimum atomic E-state index is -0.838. The summed E-state index contributed by atoms with van der Waals surface area (Å²) in [6, 6.07) is 15.2. The minimum Gasteiger partial charge on any atom is -0.481 e. The zero-order chi connectivity index (χ0) is 24.8. The SMILES string of the molecule is COCCCC(NC(=O)OCC1c2ccccc2-c2ccccc21)C(=O)N[C@H]1CC[C@@H](C(=O)O)C1. The Hall–Kier alpha value is -3.39. The first-order chi connectivity index (χ1) is 17.0. The first-order valence-corrected chi connectivity index (χ1v) is 12.1. The summed E-state index contributed by atoms with van der Waals surface area (Å²) in [5.74, 6) is -1.68. The minimum absolute atomic E-state index is 0.0691. The highest BCUT2D eigenvalue weighted by atomic mass is 16.5. The van der Waals surface area contributed by atoms with E-state index in [1.54, 1.807) is 7.11 Å². The van der Waals surface area contributed by atoms with E-state index in [4.69, 9.17) is 9.47 Å². The molecule has 0 bridgehead atoms. The van der Waals surface area contributed by atoms with Gasteiger partial charge < -0.3 is 25.2 Å². The Morgan fingerprint density at radius 1 is 1.03 bits per heavy atom. The number of hydrogen-bond acceptors (Lipinski definition) is 5. The van der Waals surface area contributed by atoms with Crippen LogP contribution in [0.15, 0.2) is 48.5 Å². The Labute approximate surface area is 205 Å². The van der Waals surface area contributed by atoms with E-state index in [2.05, 4.69) is 22.8 Å². The lowest BCUT2D eigenvalue weighted by Gasteiger charge is -2.22. The van der Waals surface area contributed by atoms with Gasteiger partial charge in [-0.25, -0.2) is 4.79 Å². The molecule has 2 aliphatic rings. The quantitative estimate of drug-likeness (QED) is 0.447. The third-order valence-electron chi connectivity index (χ3n) is 6.92. The summed E-state index contributed by atoms with van der Waals surface area (Å²) in [5, 5.41) is 14.8. The summed E-state index contributed by atoms with van der Waals surface area (Å²) >= 11 is 0. The van der Waals surface area contributed by atoms with E-state index in [9.17, 15) is 19.5 Å². The topological polar surface area (TPSA) is 114 Å². The Kier molecular flexibility index (Phi) is 8.02. The predicted octanol–water partition coefficient (Wildman–Crippen LogP) is 3.69. The van der Waals surface area contributed by atoms with Gasteiger partial charge in [0.25, 0.3) is 0 Å². The molecule has 8 nitrogen and oxygen atoms in total. The van der Waals surface area contributed by atoms with Gasteiger partial charge in [-0.3, -0.25) is 9.59 Å². The summed E-state index contributed by atoms with van der Waals surface area (Å²) < 4.78 is 10.7. The van der Waals surface area contributed by atoms with Crippen molar-refractivity contribution in [3.63, 3.8) is 0 Å². The fourth-order valence-corrected chi connectivity index (χ4v) is 5.12. The summed E-state index contributed by atoms with van der Waals surface area (Å²) in [4.78, 5) is 36.9. The lowest BCUT2D eigenvalue weighted by molar-refractivity contribution is -0.141. The number of benzene rings is 2. The van der Waals surface area contributed by atoms with Crippen LogP contribution < -0.4 is 10.6 Å². The first-order valence-electron chi connectivity index (χ1n) is 12.1. The van der Waals surface area contributed by atoms with Crippen molar-refractivity contribution in [3.8, 4) is 11.1 Å². The van der Waals surface area contributed by atoms with Gasteiger partial charge in [0.2, 0.25) is 5.91 Å². The highest BCUT2D eigenvalue weighted by Crippen LogP contribution is 2.44. The van der Waals surface area contributed by atoms with E-state index in [0.29, 0.717) is 38.7 Å². The number of carbonyl (C=O) groups is 3. The summed E-state index contributed by atoms with van der Waals surface area (Å²) in [6.07, 6.45) is 1.86. The number of hydrogen-bond donors (Lipinski definition) is 3. The van der Waals surface area contributed by atoms with E-state index >= 15 is 0 Å². The van der Waals surface area contributed by atoms with E-state index in [1.807, 2.05) is 36.4 Å². The fourth-order valence-electron chi connectivity index (χ4n) is 5.12. The number of ether oxygens (including phenoxy) is 2. The molecule has 1 fully saturated rings. The maximum atomic E-state index is 12.9. The number of nitrogens with one attached hydrogen (secondary N) is 2. The van der Waals surface area contributed by atoms with E-state index < -0.39 is 24.0 Å². The second-order valence-corrected chi connectivity index (χ2v) is 9.21. The number of carbonyl (C=O) groups excluding carboxylic acids is 2. The van der Waals surface area contributed by atoms with Crippen LogP contribution in [0.4, 0.5) is 4.79 Å². The molecule has 0 aromatic heterocycles. The van der Waals surface area contributed by atoms with Gasteiger partial charge in [-0.05, 0) is 54.4 Å². The predicted molar refractivity (Wildman–Crippen MR) is 130 cm³/mol. The Balaban J connectivity index is 1.36. The van der Waals surface area contributed by atoms with Crippen LogP contribution in [0.2, 0.25) is 0 Å². The van der Waals surface area contributed by atoms with Gasteiger partial charge in [-0.1, -0.05) is 48.5 Å². The van der Waals surface area contributed by atoms with Crippen LogP contribution in [0.5, 0.6) is 0 Å². The summed E-state index contributed by atoms with van der Waals surface area (Å²) in [5.41, 5.74) is 4.52. The molecule has 0 radical (unpaired) electrons. The number of alkyl carbamates (subject to hydrolysis) is 1. The Morgan fingerprint density at radius 3 is 2.29 bits per heavy atom. The molecule has 8 heteroatoms. The van der Waals surface area contributed by atoms with Crippen molar-refractivity contribution in [1.82, 2.24) is 10.6 Å². The van der Waals surface area contributed by atoms with Crippen molar-refractivity contribution in [1.29, 1.82) is 0 Å². The van der Waals surface area contributed by atoms with Gasteiger partial charge in [0.05, 0.1) is 5.92 Å². The molecule has 2 aromatic carbocycles. The molecule has 3 atom stereocenters. The number of fused-ring (bicyclic) bond motifs is 3. The third-order valence-corrected chi connectivity index (χ3v) is 6.92. The zero-order valence-electron chi connectivity index (χ0n) is 19.9. The summed E-state index contributed by atoms with van der Waals surface area (Å²) in [7, 11) is 1.58. The number of rotatable bonds is 10. The Morgan fingerprint density at radius 2 is 1.69 bits per heavy atom. The smallest absolute Gasteiger partial charge is 0.407 e. The van der Waals surface area contributed by atoms with Crippen LogP contribution in [0.25, 0.3) is 11.1 Å². The van der Waals surface area contributed by atoms with Gasteiger partial charge >= 0.3 is 12.1 Å². The lowest BCUT2D eigenvalue weighted by atomic mass is 9.98. The molecule has 0 saturated heterocycles. The largest absolute Gasteiger partial charge is 0.481 e. The van der Waals surface area contributed by atoms with Crippen LogP contribution in [0, 0.1) is 5.92 Å². The number of methoxy groups -OCH3 is 1. The molecule has 0 heterocycles. The van der Waals surface area contributed by atoms with Crippen LogP contribution in [0.3, 0.4) is 0 Å². The molecule has 186 valence electrons. The molecule has 0 aliphatic heterocycles. The van der Waals surface area contributed by atoms with Crippen molar-refractivity contribution in [2.24, 2.45) is 5.92 Å². The number of carboxylic acids is 1. The van der Waals surface area contributed by atoms with Crippen molar-refractivity contribution in [3.05, 3.63) is 59.7 Å². The van der Waals surface area contributed by atoms with E-state index in [1.165, 1.54) is 0 Å². The molecule has 0 spiro atoms. The number of amides is 2. The van der Waals surface area contributed by atoms with Crippen LogP contribution in [-0.4, -0.2) is 55.5 Å². The number of carboxylic acid groups (broad SMARTS) is 1. The maximum Gasteiger partial charge on any atom is 0.407 e. The van der Waals surface area contributed by atoms with Crippen LogP contribution in [0.1, 0.15) is 49.1 Å². The van der Waals surface area contributed by atoms with Crippen molar-refractivity contribution in [2.45, 2.75) is 50.1 Å². The molecule has 3 N–H and O–H groups in total. The standard InChI is InChI=1S/C27H32N2O6/c1-34-14-6-11-24(25(30)28-18-13-12-17(15-18)26(31)32)29-27(33)35-16-23-21-9-4-2-7-19(21)20-8-3-5-10-22(20)23/h2-5,7-10,17-18,23-24H,6,11-16H2,1H3,(H,28,30)(H,29,33)(H,31,32)/t17-,18+,24?/m1/s1. The van der Waals surface area contributed by atoms with E-state index in [-0.39, 0.29) is 24.5 Å². The average Bonchev–Trinajstić information content (AvgIpc) is 3.45. The van der Waals surface area contributed by atoms with Crippen LogP contribution >= 0.6 is 0 Å². The summed E-state index contributed by atoms with van der Waals surface area (Å²) in [6.45, 7) is 0.621. The highest BCUT2D eigenvalue weighted by Gasteiger charge is 2.33. The van der Waals surface area contributed by atoms with Gasteiger partial charge in [-0.15, -0.1) is 0 Å². The van der Waals surface area contributed by atoms with Gasteiger partial charge in [-0.2, -0.15) is 0 Å². The molecule has 2 aliphatic carbocycles. The lowest BCUT2D eigenvalue weighted by Crippen LogP contribution is -2.49. The molecule has 4 rings (SSSR count). The second-order valence-electron chi connectivity index (χ2n) is 9.21. The van der Waals surface area contributed by atoms with Crippen LogP contribution in [-0.2, 0) is 19.1 Å².